The number of aromatic amines is 1. The lowest BCUT2D eigenvalue weighted by molar-refractivity contribution is 0.191. The van der Waals surface area contributed by atoms with Gasteiger partial charge in [0.25, 0.3) is 0 Å². The largest absolute Gasteiger partial charge is 0.366 e. The van der Waals surface area contributed by atoms with Gasteiger partial charge in [-0.25, -0.2) is 13.6 Å². The standard InChI is InChI=1S/C18H23F2N5O/c1-12(9-15-10-13(2)22-23-15)21-18(26)25-7-5-24(6-8-25)17-11-14(19)3-4-16(17)20/h3-4,10-12H,5-9H2,1-2H3,(H,21,26)(H,22,23). The number of H-pyrrole nitrogens is 1. The van der Waals surface area contributed by atoms with Crippen molar-refractivity contribution in [3.8, 4) is 0 Å². The Morgan fingerprint density at radius 3 is 2.65 bits per heavy atom. The van der Waals surface area contributed by atoms with Crippen LogP contribution in [-0.2, 0) is 6.42 Å². The molecule has 2 N–H and O–H groups in total. The molecule has 2 heterocycles. The van der Waals surface area contributed by atoms with Crippen molar-refractivity contribution < 1.29 is 13.6 Å². The van der Waals surface area contributed by atoms with E-state index >= 15 is 0 Å². The van der Waals surface area contributed by atoms with Crippen LogP contribution in [0.15, 0.2) is 24.3 Å². The summed E-state index contributed by atoms with van der Waals surface area (Å²) in [5.41, 5.74) is 2.13. The Labute approximate surface area is 151 Å². The van der Waals surface area contributed by atoms with E-state index < -0.39 is 11.6 Å². The predicted molar refractivity (Wildman–Crippen MR) is 95.2 cm³/mol. The van der Waals surface area contributed by atoms with Crippen LogP contribution in [0.2, 0.25) is 0 Å². The van der Waals surface area contributed by atoms with Crippen LogP contribution in [-0.4, -0.2) is 53.3 Å². The molecular weight excluding hydrogens is 340 g/mol. The van der Waals surface area contributed by atoms with Crippen molar-refractivity contribution in [2.24, 2.45) is 0 Å². The minimum atomic E-state index is -0.469. The predicted octanol–water partition coefficient (Wildman–Crippen LogP) is 2.46. The molecule has 0 spiro atoms. The first-order valence-corrected chi connectivity index (χ1v) is 8.68. The minimum absolute atomic E-state index is 0.0520. The first-order valence-electron chi connectivity index (χ1n) is 8.68. The third-order valence-electron chi connectivity index (χ3n) is 4.46. The van der Waals surface area contributed by atoms with E-state index in [1.54, 1.807) is 9.80 Å². The van der Waals surface area contributed by atoms with Gasteiger partial charge in [-0.2, -0.15) is 5.10 Å². The van der Waals surface area contributed by atoms with E-state index in [4.69, 9.17) is 0 Å². The molecule has 3 rings (SSSR count). The summed E-state index contributed by atoms with van der Waals surface area (Å²) in [5.74, 6) is -0.920. The van der Waals surface area contributed by atoms with E-state index in [9.17, 15) is 13.6 Å². The SMILES string of the molecule is Cc1cc(CC(C)NC(=O)N2CCN(c3cc(F)ccc3F)CC2)n[nH]1. The number of anilines is 1. The maximum Gasteiger partial charge on any atom is 0.317 e. The summed E-state index contributed by atoms with van der Waals surface area (Å²) < 4.78 is 27.2. The molecule has 1 aromatic heterocycles. The molecule has 1 aromatic carbocycles. The average molecular weight is 363 g/mol. The lowest BCUT2D eigenvalue weighted by Gasteiger charge is -2.36. The molecule has 0 radical (unpaired) electrons. The van der Waals surface area contributed by atoms with Crippen LogP contribution < -0.4 is 10.2 Å². The lowest BCUT2D eigenvalue weighted by atomic mass is 10.2. The van der Waals surface area contributed by atoms with E-state index in [1.165, 1.54) is 6.07 Å². The Balaban J connectivity index is 1.51. The number of nitrogens with one attached hydrogen (secondary N) is 2. The van der Waals surface area contributed by atoms with Crippen LogP contribution in [0.4, 0.5) is 19.3 Å². The summed E-state index contributed by atoms with van der Waals surface area (Å²) in [7, 11) is 0. The molecule has 1 unspecified atom stereocenters. The fourth-order valence-corrected chi connectivity index (χ4v) is 3.12. The topological polar surface area (TPSA) is 64.3 Å². The van der Waals surface area contributed by atoms with Gasteiger partial charge in [0.1, 0.15) is 11.6 Å². The zero-order chi connectivity index (χ0) is 18.7. The van der Waals surface area contributed by atoms with Gasteiger partial charge in [0.15, 0.2) is 0 Å². The van der Waals surface area contributed by atoms with Crippen LogP contribution in [0.1, 0.15) is 18.3 Å². The molecule has 1 aliphatic heterocycles. The molecule has 1 atom stereocenters. The third kappa shape index (κ3) is 4.30. The van der Waals surface area contributed by atoms with Gasteiger partial charge >= 0.3 is 6.03 Å². The number of halogens is 2. The van der Waals surface area contributed by atoms with Gasteiger partial charge in [-0.15, -0.1) is 0 Å². The molecule has 0 aliphatic carbocycles. The second-order valence-electron chi connectivity index (χ2n) is 6.67. The number of rotatable bonds is 4. The lowest BCUT2D eigenvalue weighted by Crippen LogP contribution is -2.53. The van der Waals surface area contributed by atoms with Crippen molar-refractivity contribution >= 4 is 11.7 Å². The van der Waals surface area contributed by atoms with Crippen molar-refractivity contribution in [1.29, 1.82) is 0 Å². The molecule has 0 saturated carbocycles. The Hall–Kier alpha value is -2.64. The molecule has 6 nitrogen and oxygen atoms in total. The van der Waals surface area contributed by atoms with Crippen molar-refractivity contribution in [1.82, 2.24) is 20.4 Å². The fraction of sp³-hybridized carbons (Fsp3) is 0.444. The maximum absolute atomic E-state index is 13.9. The van der Waals surface area contributed by atoms with Crippen molar-refractivity contribution in [3.63, 3.8) is 0 Å². The third-order valence-corrected chi connectivity index (χ3v) is 4.46. The first-order chi connectivity index (χ1) is 12.4. The van der Waals surface area contributed by atoms with Crippen molar-refractivity contribution in [2.45, 2.75) is 26.3 Å². The second-order valence-corrected chi connectivity index (χ2v) is 6.67. The van der Waals surface area contributed by atoms with Crippen LogP contribution in [0.3, 0.4) is 0 Å². The monoisotopic (exact) mass is 363 g/mol. The summed E-state index contributed by atoms with van der Waals surface area (Å²) in [6, 6.07) is 5.18. The number of urea groups is 1. The summed E-state index contributed by atoms with van der Waals surface area (Å²) in [6.45, 7) is 5.69. The summed E-state index contributed by atoms with van der Waals surface area (Å²) in [5, 5.41) is 10.0. The van der Waals surface area contributed by atoms with Crippen molar-refractivity contribution in [3.05, 3.63) is 47.3 Å². The number of hydrogen-bond donors (Lipinski definition) is 2. The van der Waals surface area contributed by atoms with Gasteiger partial charge in [0.05, 0.1) is 11.4 Å². The van der Waals surface area contributed by atoms with Crippen LogP contribution in [0.5, 0.6) is 0 Å². The number of aryl methyl sites for hydroxylation is 1. The first kappa shape index (κ1) is 18.2. The molecular formula is C18H23F2N5O. The molecule has 0 bridgehead atoms. The van der Waals surface area contributed by atoms with Gasteiger partial charge in [0.2, 0.25) is 0 Å². The van der Waals surface area contributed by atoms with Crippen LogP contribution in [0, 0.1) is 18.6 Å². The maximum atomic E-state index is 13.9. The Morgan fingerprint density at radius 2 is 2.00 bits per heavy atom. The number of carbonyl (C=O) groups is 1. The number of amides is 2. The average Bonchev–Trinajstić information content (AvgIpc) is 3.01. The summed E-state index contributed by atoms with van der Waals surface area (Å²) >= 11 is 0. The molecule has 1 fully saturated rings. The second kappa shape index (κ2) is 7.72. The molecule has 8 heteroatoms. The number of aromatic nitrogens is 2. The smallest absolute Gasteiger partial charge is 0.317 e. The zero-order valence-electron chi connectivity index (χ0n) is 14.9. The number of nitrogens with zero attached hydrogens (tertiary/aromatic N) is 3. The van der Waals surface area contributed by atoms with E-state index in [-0.39, 0.29) is 17.8 Å². The zero-order valence-corrected chi connectivity index (χ0v) is 14.9. The molecule has 26 heavy (non-hydrogen) atoms. The number of carbonyl (C=O) groups excluding carboxylic acids is 1. The number of hydrogen-bond acceptors (Lipinski definition) is 3. The van der Waals surface area contributed by atoms with Gasteiger partial charge < -0.3 is 15.1 Å². The molecule has 1 saturated heterocycles. The number of benzene rings is 1. The normalized spacial score (nSPS) is 15.8. The highest BCUT2D eigenvalue weighted by Crippen LogP contribution is 2.21. The molecule has 2 aromatic rings. The number of piperazine rings is 1. The Bertz CT molecular complexity index is 771. The van der Waals surface area contributed by atoms with E-state index in [1.807, 2.05) is 19.9 Å². The highest BCUT2D eigenvalue weighted by Gasteiger charge is 2.24. The molecule has 1 aliphatic rings. The van der Waals surface area contributed by atoms with Gasteiger partial charge in [-0.05, 0) is 32.0 Å². The van der Waals surface area contributed by atoms with E-state index in [0.717, 1.165) is 23.5 Å². The van der Waals surface area contributed by atoms with Gasteiger partial charge in [-0.3, -0.25) is 5.10 Å². The van der Waals surface area contributed by atoms with Crippen LogP contribution in [0.25, 0.3) is 0 Å². The highest BCUT2D eigenvalue weighted by molar-refractivity contribution is 5.75. The van der Waals surface area contributed by atoms with Gasteiger partial charge in [-0.1, -0.05) is 0 Å². The van der Waals surface area contributed by atoms with Gasteiger partial charge in [0, 0.05) is 50.4 Å². The quantitative estimate of drug-likeness (QED) is 0.877. The van der Waals surface area contributed by atoms with E-state index in [0.29, 0.717) is 32.6 Å². The summed E-state index contributed by atoms with van der Waals surface area (Å²) in [6.07, 6.45) is 0.643. The van der Waals surface area contributed by atoms with E-state index in [2.05, 4.69) is 15.5 Å². The Kier molecular flexibility index (Phi) is 5.39. The summed E-state index contributed by atoms with van der Waals surface area (Å²) in [4.78, 5) is 15.9. The van der Waals surface area contributed by atoms with Crippen LogP contribution >= 0.6 is 0 Å². The fourth-order valence-electron chi connectivity index (χ4n) is 3.12. The molecule has 140 valence electrons. The Morgan fingerprint density at radius 1 is 1.27 bits per heavy atom. The minimum Gasteiger partial charge on any atom is -0.366 e. The van der Waals surface area contributed by atoms with Crippen molar-refractivity contribution in [2.75, 3.05) is 31.1 Å². The molecule has 2 amide bonds. The highest BCUT2D eigenvalue weighted by atomic mass is 19.1.